The number of nitrogens with one attached hydrogen (secondary N) is 2. The molecule has 0 spiro atoms. The van der Waals surface area contributed by atoms with E-state index >= 15 is 0 Å². The van der Waals surface area contributed by atoms with Gasteiger partial charge in [0.15, 0.2) is 5.95 Å². The molecule has 0 fully saturated rings. The first-order valence-corrected chi connectivity index (χ1v) is 2.70. The van der Waals surface area contributed by atoms with Crippen molar-refractivity contribution in [1.29, 1.82) is 0 Å². The predicted octanol–water partition coefficient (Wildman–Crippen LogP) is 0.150. The van der Waals surface area contributed by atoms with Crippen molar-refractivity contribution < 1.29 is 9.90 Å². The summed E-state index contributed by atoms with van der Waals surface area (Å²) in [6.07, 6.45) is 1.26. The van der Waals surface area contributed by atoms with Crippen LogP contribution in [0, 0.1) is 0 Å². The van der Waals surface area contributed by atoms with Crippen LogP contribution in [0.1, 0.15) is 10.5 Å². The second-order valence-electron chi connectivity index (χ2n) is 1.70. The summed E-state index contributed by atoms with van der Waals surface area (Å²) in [6, 6.07) is 0. The highest BCUT2D eigenvalue weighted by atomic mass is 16.4. The molecule has 0 bridgehead atoms. The number of aromatic amines is 1. The average Bonchev–Trinajstić information content (AvgIpc) is 2.34. The van der Waals surface area contributed by atoms with Crippen molar-refractivity contribution in [3.05, 3.63) is 11.9 Å². The summed E-state index contributed by atoms with van der Waals surface area (Å²) in [4.78, 5) is 16.5. The minimum absolute atomic E-state index is 0.0874. The Bertz CT molecular complexity index is 243. The number of H-pyrrole nitrogens is 1. The third kappa shape index (κ3) is 1.07. The fourth-order valence-corrected chi connectivity index (χ4v) is 0.557. The van der Waals surface area contributed by atoms with Crippen LogP contribution in [0.4, 0.5) is 5.95 Å². The molecule has 5 heteroatoms. The smallest absolute Gasteiger partial charge is 0.354 e. The molecular formula is C5H7N3O2. The molecule has 54 valence electrons. The third-order valence-corrected chi connectivity index (χ3v) is 1.04. The number of hydrogen-bond donors (Lipinski definition) is 3. The Hall–Kier alpha value is -1.52. The van der Waals surface area contributed by atoms with E-state index in [9.17, 15) is 4.79 Å². The van der Waals surface area contributed by atoms with Gasteiger partial charge in [-0.3, -0.25) is 0 Å². The van der Waals surface area contributed by atoms with E-state index in [1.54, 1.807) is 7.05 Å². The number of aromatic nitrogens is 2. The average molecular weight is 141 g/mol. The van der Waals surface area contributed by atoms with Crippen LogP contribution in [0.3, 0.4) is 0 Å². The highest BCUT2D eigenvalue weighted by molar-refractivity contribution is 5.85. The van der Waals surface area contributed by atoms with Crippen LogP contribution in [-0.4, -0.2) is 28.1 Å². The molecule has 0 saturated carbocycles. The van der Waals surface area contributed by atoms with E-state index in [-0.39, 0.29) is 5.69 Å². The zero-order chi connectivity index (χ0) is 7.56. The van der Waals surface area contributed by atoms with Gasteiger partial charge in [0.25, 0.3) is 0 Å². The molecular weight excluding hydrogens is 134 g/mol. The highest BCUT2D eigenvalue weighted by Crippen LogP contribution is 1.99. The van der Waals surface area contributed by atoms with Crippen molar-refractivity contribution in [3.63, 3.8) is 0 Å². The van der Waals surface area contributed by atoms with Gasteiger partial charge in [0.2, 0.25) is 0 Å². The molecule has 5 nitrogen and oxygen atoms in total. The van der Waals surface area contributed by atoms with Gasteiger partial charge in [-0.15, -0.1) is 0 Å². The van der Waals surface area contributed by atoms with Crippen molar-refractivity contribution in [2.24, 2.45) is 0 Å². The van der Waals surface area contributed by atoms with Crippen molar-refractivity contribution in [3.8, 4) is 0 Å². The normalized spacial score (nSPS) is 9.30. The summed E-state index contributed by atoms with van der Waals surface area (Å²) < 4.78 is 0. The number of anilines is 1. The molecule has 0 aromatic carbocycles. The number of carboxylic acid groups (broad SMARTS) is 1. The lowest BCUT2D eigenvalue weighted by atomic mass is 10.5. The van der Waals surface area contributed by atoms with E-state index in [1.807, 2.05) is 0 Å². The van der Waals surface area contributed by atoms with Gasteiger partial charge in [0.05, 0.1) is 6.20 Å². The lowest BCUT2D eigenvalue weighted by molar-refractivity contribution is 0.0691. The Kier molecular flexibility index (Phi) is 1.57. The van der Waals surface area contributed by atoms with Crippen LogP contribution in [0.2, 0.25) is 0 Å². The Morgan fingerprint density at radius 3 is 2.90 bits per heavy atom. The SMILES string of the molecule is CNc1ncc(C(=O)O)[nH]1. The summed E-state index contributed by atoms with van der Waals surface area (Å²) in [7, 11) is 1.66. The van der Waals surface area contributed by atoms with Gasteiger partial charge in [0, 0.05) is 7.05 Å². The molecule has 3 N–H and O–H groups in total. The van der Waals surface area contributed by atoms with Crippen LogP contribution in [0.15, 0.2) is 6.20 Å². The van der Waals surface area contributed by atoms with Crippen LogP contribution in [-0.2, 0) is 0 Å². The summed E-state index contributed by atoms with van der Waals surface area (Å²) >= 11 is 0. The Morgan fingerprint density at radius 2 is 2.60 bits per heavy atom. The highest BCUT2D eigenvalue weighted by Gasteiger charge is 2.04. The molecule has 0 aliphatic heterocycles. The van der Waals surface area contributed by atoms with Crippen LogP contribution < -0.4 is 5.32 Å². The number of rotatable bonds is 2. The molecule has 1 aromatic rings. The molecule has 1 aromatic heterocycles. The van der Waals surface area contributed by atoms with Crippen molar-refractivity contribution in [2.45, 2.75) is 0 Å². The second-order valence-corrected chi connectivity index (χ2v) is 1.70. The molecule has 0 saturated heterocycles. The fraction of sp³-hybridized carbons (Fsp3) is 0.200. The molecule has 1 rings (SSSR count). The van der Waals surface area contributed by atoms with E-state index in [0.717, 1.165) is 0 Å². The van der Waals surface area contributed by atoms with Crippen molar-refractivity contribution in [1.82, 2.24) is 9.97 Å². The number of imidazole rings is 1. The number of carbonyl (C=O) groups is 1. The van der Waals surface area contributed by atoms with Crippen molar-refractivity contribution in [2.75, 3.05) is 12.4 Å². The molecule has 10 heavy (non-hydrogen) atoms. The minimum atomic E-state index is -1.01. The summed E-state index contributed by atoms with van der Waals surface area (Å²) in [5.41, 5.74) is 0.0874. The summed E-state index contributed by atoms with van der Waals surface area (Å²) in [6.45, 7) is 0. The van der Waals surface area contributed by atoms with Gasteiger partial charge in [-0.2, -0.15) is 0 Å². The lowest BCUT2D eigenvalue weighted by Crippen LogP contribution is -1.96. The quantitative estimate of drug-likeness (QED) is 0.547. The van der Waals surface area contributed by atoms with E-state index < -0.39 is 5.97 Å². The maximum atomic E-state index is 10.2. The zero-order valence-corrected chi connectivity index (χ0v) is 5.38. The van der Waals surface area contributed by atoms with Crippen molar-refractivity contribution >= 4 is 11.9 Å². The van der Waals surface area contributed by atoms with Crippen LogP contribution in [0.5, 0.6) is 0 Å². The first-order chi connectivity index (χ1) is 4.74. The third-order valence-electron chi connectivity index (χ3n) is 1.04. The Balaban J connectivity index is 2.88. The number of nitrogens with zero attached hydrogens (tertiary/aromatic N) is 1. The number of hydrogen-bond acceptors (Lipinski definition) is 3. The molecule has 0 aliphatic rings. The zero-order valence-electron chi connectivity index (χ0n) is 5.38. The molecule has 0 atom stereocenters. The largest absolute Gasteiger partial charge is 0.477 e. The van der Waals surface area contributed by atoms with Gasteiger partial charge in [-0.25, -0.2) is 9.78 Å². The summed E-state index contributed by atoms with van der Waals surface area (Å²) in [5.74, 6) is -0.550. The van der Waals surface area contributed by atoms with E-state index in [0.29, 0.717) is 5.95 Å². The van der Waals surface area contributed by atoms with Gasteiger partial charge in [0.1, 0.15) is 5.69 Å². The van der Waals surface area contributed by atoms with Gasteiger partial charge >= 0.3 is 5.97 Å². The van der Waals surface area contributed by atoms with Gasteiger partial charge < -0.3 is 15.4 Å². The van der Waals surface area contributed by atoms with E-state index in [4.69, 9.17) is 5.11 Å². The van der Waals surface area contributed by atoms with E-state index in [2.05, 4.69) is 15.3 Å². The lowest BCUT2D eigenvalue weighted by Gasteiger charge is -1.88. The molecule has 1 heterocycles. The standard InChI is InChI=1S/C5H7N3O2/c1-6-5-7-2-3(8-5)4(9)10/h2H,1H3,(H,9,10)(H2,6,7,8). The maximum Gasteiger partial charge on any atom is 0.354 e. The Labute approximate surface area is 57.1 Å². The topological polar surface area (TPSA) is 78.0 Å². The minimum Gasteiger partial charge on any atom is -0.477 e. The predicted molar refractivity (Wildman–Crippen MR) is 35.1 cm³/mol. The monoisotopic (exact) mass is 141 g/mol. The fourth-order valence-electron chi connectivity index (χ4n) is 0.557. The Morgan fingerprint density at radius 1 is 1.90 bits per heavy atom. The molecule has 0 amide bonds. The maximum absolute atomic E-state index is 10.2. The molecule has 0 radical (unpaired) electrons. The number of aromatic carboxylic acids is 1. The first-order valence-electron chi connectivity index (χ1n) is 2.70. The van der Waals surface area contributed by atoms with E-state index in [1.165, 1.54) is 6.20 Å². The molecule has 0 unspecified atom stereocenters. The number of carboxylic acids is 1. The van der Waals surface area contributed by atoms with Crippen LogP contribution >= 0.6 is 0 Å². The van der Waals surface area contributed by atoms with Gasteiger partial charge in [-0.05, 0) is 0 Å². The van der Waals surface area contributed by atoms with Gasteiger partial charge in [-0.1, -0.05) is 0 Å². The summed E-state index contributed by atoms with van der Waals surface area (Å²) in [5, 5.41) is 11.1. The molecule has 0 aliphatic carbocycles. The first kappa shape index (κ1) is 6.60. The van der Waals surface area contributed by atoms with Crippen LogP contribution in [0.25, 0.3) is 0 Å². The second kappa shape index (κ2) is 2.38.